The largest absolute Gasteiger partial charge is 0.329 e. The molecular weight excluding hydrogens is 168 g/mol. The lowest BCUT2D eigenvalue weighted by Gasteiger charge is -1.91. The van der Waals surface area contributed by atoms with Gasteiger partial charge in [0.05, 0.1) is 4.88 Å². The monoisotopic (exact) mass is 177 g/mol. The van der Waals surface area contributed by atoms with Crippen molar-refractivity contribution in [1.82, 2.24) is 0 Å². The summed E-state index contributed by atoms with van der Waals surface area (Å²) in [4.78, 5) is 4.14. The molecule has 1 aromatic carbocycles. The molecule has 3 heteroatoms. The number of aromatic nitrogens is 1. The van der Waals surface area contributed by atoms with Gasteiger partial charge in [0.15, 0.2) is 0 Å². The number of nitrogens with one attached hydrogen (secondary N) is 1. The highest BCUT2D eigenvalue weighted by Crippen LogP contribution is 2.24. The van der Waals surface area contributed by atoms with Crippen LogP contribution in [0.2, 0.25) is 0 Å². The van der Waals surface area contributed by atoms with Crippen LogP contribution in [0.4, 0.5) is 5.13 Å². The van der Waals surface area contributed by atoms with Crippen LogP contribution < -0.4 is 10.7 Å². The lowest BCUT2D eigenvalue weighted by Crippen LogP contribution is -2.00. The molecule has 0 atom stereocenters. The third-order valence-corrected chi connectivity index (χ3v) is 2.53. The van der Waals surface area contributed by atoms with E-state index in [1.165, 1.54) is 10.4 Å². The number of anilines is 1. The van der Waals surface area contributed by atoms with Crippen LogP contribution in [0.5, 0.6) is 0 Å². The number of rotatable bonds is 1. The number of H-pyrrole nitrogens is 1. The molecule has 0 aliphatic rings. The third kappa shape index (κ3) is 1.31. The highest BCUT2D eigenvalue weighted by Gasteiger charge is 2.03. The summed E-state index contributed by atoms with van der Waals surface area (Å²) in [6, 6.07) is 10.2. The Bertz CT molecular complexity index is 367. The second-order valence-corrected chi connectivity index (χ2v) is 3.57. The summed E-state index contributed by atoms with van der Waals surface area (Å²) < 4.78 is 0. The summed E-state index contributed by atoms with van der Waals surface area (Å²) in [7, 11) is 0. The molecule has 1 heterocycles. The zero-order valence-electron chi connectivity index (χ0n) is 6.45. The Morgan fingerprint density at radius 1 is 1.17 bits per heavy atom. The van der Waals surface area contributed by atoms with Gasteiger partial charge in [-0.25, -0.2) is 4.98 Å². The highest BCUT2D eigenvalue weighted by molar-refractivity contribution is 7.18. The smallest absolute Gasteiger partial charge is 0.278 e. The number of thiazole rings is 1. The Morgan fingerprint density at radius 3 is 2.50 bits per heavy atom. The van der Waals surface area contributed by atoms with Gasteiger partial charge in [-0.1, -0.05) is 30.3 Å². The van der Waals surface area contributed by atoms with Crippen molar-refractivity contribution in [2.75, 3.05) is 5.73 Å². The van der Waals surface area contributed by atoms with Crippen LogP contribution in [0.25, 0.3) is 10.4 Å². The molecule has 12 heavy (non-hydrogen) atoms. The molecule has 0 spiro atoms. The second kappa shape index (κ2) is 2.95. The van der Waals surface area contributed by atoms with E-state index in [0.29, 0.717) is 0 Å². The topological polar surface area (TPSA) is 40.2 Å². The Hall–Kier alpha value is -1.35. The van der Waals surface area contributed by atoms with Crippen molar-refractivity contribution in [3.05, 3.63) is 36.5 Å². The SMILES string of the molecule is Nc1[nH+]cc(-c2ccccc2)s1. The van der Waals surface area contributed by atoms with E-state index in [4.69, 9.17) is 5.73 Å². The number of benzene rings is 1. The van der Waals surface area contributed by atoms with E-state index in [9.17, 15) is 0 Å². The molecule has 60 valence electrons. The maximum absolute atomic E-state index is 5.58. The van der Waals surface area contributed by atoms with Gasteiger partial charge in [0, 0.05) is 0 Å². The molecule has 0 aliphatic heterocycles. The predicted molar refractivity (Wildman–Crippen MR) is 50.7 cm³/mol. The van der Waals surface area contributed by atoms with E-state index in [1.54, 1.807) is 11.3 Å². The number of hydrogen-bond donors (Lipinski definition) is 1. The standard InChI is InChI=1S/C9H8N2S/c10-9-11-6-8(12-9)7-4-2-1-3-5-7/h1-6H,(H2,10,11)/p+1. The van der Waals surface area contributed by atoms with Crippen LogP contribution in [-0.2, 0) is 0 Å². The van der Waals surface area contributed by atoms with Gasteiger partial charge < -0.3 is 0 Å². The molecule has 3 N–H and O–H groups in total. The summed E-state index contributed by atoms with van der Waals surface area (Å²) in [6.45, 7) is 0. The van der Waals surface area contributed by atoms with E-state index in [1.807, 2.05) is 24.4 Å². The van der Waals surface area contributed by atoms with Crippen molar-refractivity contribution in [2.24, 2.45) is 0 Å². The molecule has 0 radical (unpaired) electrons. The van der Waals surface area contributed by atoms with Gasteiger partial charge in [0.25, 0.3) is 0 Å². The molecule has 0 fully saturated rings. The summed E-state index contributed by atoms with van der Waals surface area (Å²) in [6.07, 6.45) is 1.93. The van der Waals surface area contributed by atoms with Crippen molar-refractivity contribution >= 4 is 16.5 Å². The van der Waals surface area contributed by atoms with Crippen molar-refractivity contribution in [3.8, 4) is 10.4 Å². The van der Waals surface area contributed by atoms with Crippen LogP contribution in [-0.4, -0.2) is 0 Å². The fourth-order valence-electron chi connectivity index (χ4n) is 1.06. The first kappa shape index (κ1) is 7.31. The molecule has 0 saturated carbocycles. The van der Waals surface area contributed by atoms with Gasteiger partial charge in [-0.2, -0.15) is 0 Å². The van der Waals surface area contributed by atoms with E-state index in [2.05, 4.69) is 17.1 Å². The number of aromatic amines is 1. The minimum atomic E-state index is 0.744. The lowest BCUT2D eigenvalue weighted by atomic mass is 10.2. The van der Waals surface area contributed by atoms with Crippen LogP contribution in [0.1, 0.15) is 0 Å². The van der Waals surface area contributed by atoms with Crippen molar-refractivity contribution in [1.29, 1.82) is 0 Å². The summed E-state index contributed by atoms with van der Waals surface area (Å²) in [5.74, 6) is 0. The van der Waals surface area contributed by atoms with Gasteiger partial charge >= 0.3 is 5.13 Å². The maximum atomic E-state index is 5.58. The van der Waals surface area contributed by atoms with Gasteiger partial charge in [-0.3, -0.25) is 5.73 Å². The Kier molecular flexibility index (Phi) is 1.80. The van der Waals surface area contributed by atoms with E-state index < -0.39 is 0 Å². The zero-order valence-corrected chi connectivity index (χ0v) is 7.27. The first-order valence-electron chi connectivity index (χ1n) is 3.68. The van der Waals surface area contributed by atoms with E-state index in [-0.39, 0.29) is 0 Å². The van der Waals surface area contributed by atoms with Crippen molar-refractivity contribution in [3.63, 3.8) is 0 Å². The zero-order chi connectivity index (χ0) is 8.39. The quantitative estimate of drug-likeness (QED) is 0.709. The molecule has 2 nitrogen and oxygen atoms in total. The fraction of sp³-hybridized carbons (Fsp3) is 0. The van der Waals surface area contributed by atoms with Gasteiger partial charge in [-0.15, -0.1) is 0 Å². The van der Waals surface area contributed by atoms with E-state index >= 15 is 0 Å². The first-order chi connectivity index (χ1) is 5.86. The predicted octanol–water partition coefficient (Wildman–Crippen LogP) is 1.81. The molecule has 0 unspecified atom stereocenters. The summed E-state index contributed by atoms with van der Waals surface area (Å²) in [5, 5.41) is 0.744. The van der Waals surface area contributed by atoms with Crippen LogP contribution in [0, 0.1) is 0 Å². The van der Waals surface area contributed by atoms with E-state index in [0.717, 1.165) is 5.13 Å². The van der Waals surface area contributed by atoms with Gasteiger partial charge in [-0.05, 0) is 16.9 Å². The number of nitrogens with two attached hydrogens (primary N) is 1. The summed E-state index contributed by atoms with van der Waals surface area (Å²) >= 11 is 1.56. The molecule has 0 aliphatic carbocycles. The molecule has 1 aromatic heterocycles. The average Bonchev–Trinajstić information content (AvgIpc) is 2.54. The number of hydrogen-bond acceptors (Lipinski definition) is 2. The van der Waals surface area contributed by atoms with Crippen LogP contribution in [0.15, 0.2) is 36.5 Å². The van der Waals surface area contributed by atoms with Crippen LogP contribution in [0.3, 0.4) is 0 Å². The van der Waals surface area contributed by atoms with Crippen LogP contribution >= 0.6 is 11.3 Å². The molecule has 0 saturated heterocycles. The highest BCUT2D eigenvalue weighted by atomic mass is 32.1. The maximum Gasteiger partial charge on any atom is 0.329 e. The molecule has 2 rings (SSSR count). The minimum Gasteiger partial charge on any atom is -0.278 e. The molecule has 0 amide bonds. The lowest BCUT2D eigenvalue weighted by molar-refractivity contribution is -0.353. The normalized spacial score (nSPS) is 10.0. The van der Waals surface area contributed by atoms with Gasteiger partial charge in [0.1, 0.15) is 6.20 Å². The Morgan fingerprint density at radius 2 is 1.92 bits per heavy atom. The fourth-order valence-corrected chi connectivity index (χ4v) is 1.79. The molecule has 0 bridgehead atoms. The molecule has 2 aromatic rings. The minimum absolute atomic E-state index is 0.744. The van der Waals surface area contributed by atoms with Gasteiger partial charge in [0.2, 0.25) is 0 Å². The summed E-state index contributed by atoms with van der Waals surface area (Å²) in [5.41, 5.74) is 6.78. The Balaban J connectivity index is 2.45. The third-order valence-electron chi connectivity index (χ3n) is 1.62. The Labute approximate surface area is 74.7 Å². The average molecular weight is 177 g/mol. The number of nitrogen functional groups attached to an aromatic ring is 1. The first-order valence-corrected chi connectivity index (χ1v) is 4.50. The van der Waals surface area contributed by atoms with Crippen molar-refractivity contribution < 1.29 is 4.98 Å². The second-order valence-electron chi connectivity index (χ2n) is 2.49. The van der Waals surface area contributed by atoms with Crippen molar-refractivity contribution in [2.45, 2.75) is 0 Å². The molecular formula is C9H9N2S+.